The molecule has 1 heterocycles. The van der Waals surface area contributed by atoms with Gasteiger partial charge in [0.15, 0.2) is 5.82 Å². The van der Waals surface area contributed by atoms with Crippen molar-refractivity contribution < 1.29 is 4.74 Å². The van der Waals surface area contributed by atoms with E-state index in [1.165, 1.54) is 23.2 Å². The van der Waals surface area contributed by atoms with Crippen LogP contribution in [0.2, 0.25) is 0 Å². The van der Waals surface area contributed by atoms with E-state index < -0.39 is 0 Å². The second-order valence-corrected chi connectivity index (χ2v) is 7.00. The molecule has 0 fully saturated rings. The van der Waals surface area contributed by atoms with Crippen LogP contribution >= 0.6 is 11.8 Å². The number of thioether (sulfide) groups is 1. The van der Waals surface area contributed by atoms with Crippen molar-refractivity contribution >= 4 is 11.8 Å². The largest absolute Gasteiger partial charge is 0.366 e. The lowest BCUT2D eigenvalue weighted by atomic mass is 10.2. The molecule has 4 heteroatoms. The van der Waals surface area contributed by atoms with Crippen molar-refractivity contribution in [2.75, 3.05) is 5.94 Å². The van der Waals surface area contributed by atoms with Gasteiger partial charge in [-0.1, -0.05) is 72.4 Å². The Morgan fingerprint density at radius 1 is 0.880 bits per heavy atom. The SMILES string of the molecule is c1ccc(COCSc2nc(-c3ccccc3)nc3c2CCC3)cc1. The number of rotatable bonds is 6. The van der Waals surface area contributed by atoms with Gasteiger partial charge in [0.1, 0.15) is 5.03 Å². The van der Waals surface area contributed by atoms with Gasteiger partial charge in [0.2, 0.25) is 0 Å². The van der Waals surface area contributed by atoms with Crippen molar-refractivity contribution in [3.8, 4) is 11.4 Å². The Kier molecular flexibility index (Phi) is 5.09. The van der Waals surface area contributed by atoms with Crippen LogP contribution < -0.4 is 0 Å². The summed E-state index contributed by atoms with van der Waals surface area (Å²) in [4.78, 5) is 9.63. The number of hydrogen-bond acceptors (Lipinski definition) is 4. The van der Waals surface area contributed by atoms with Crippen molar-refractivity contribution in [3.63, 3.8) is 0 Å². The van der Waals surface area contributed by atoms with E-state index in [2.05, 4.69) is 24.3 Å². The first-order valence-electron chi connectivity index (χ1n) is 8.60. The summed E-state index contributed by atoms with van der Waals surface area (Å²) in [6.07, 6.45) is 3.29. The molecule has 4 rings (SSSR count). The lowest BCUT2D eigenvalue weighted by Crippen LogP contribution is -2.01. The summed E-state index contributed by atoms with van der Waals surface area (Å²) in [6.45, 7) is 0.632. The number of ether oxygens (including phenoxy) is 1. The quantitative estimate of drug-likeness (QED) is 0.275. The lowest BCUT2D eigenvalue weighted by molar-refractivity contribution is 0.169. The highest BCUT2D eigenvalue weighted by atomic mass is 32.2. The number of aryl methyl sites for hydroxylation is 1. The molecule has 1 aliphatic carbocycles. The van der Waals surface area contributed by atoms with Gasteiger partial charge in [0, 0.05) is 16.8 Å². The van der Waals surface area contributed by atoms with Gasteiger partial charge < -0.3 is 4.74 Å². The maximum atomic E-state index is 5.83. The summed E-state index contributed by atoms with van der Waals surface area (Å²) < 4.78 is 5.83. The Morgan fingerprint density at radius 2 is 1.64 bits per heavy atom. The highest BCUT2D eigenvalue weighted by molar-refractivity contribution is 7.99. The Balaban J connectivity index is 1.48. The molecule has 3 nitrogen and oxygen atoms in total. The first-order valence-corrected chi connectivity index (χ1v) is 9.58. The lowest BCUT2D eigenvalue weighted by Gasteiger charge is -2.10. The van der Waals surface area contributed by atoms with E-state index in [1.807, 2.05) is 36.4 Å². The first kappa shape index (κ1) is 16.3. The van der Waals surface area contributed by atoms with Crippen molar-refractivity contribution in [1.82, 2.24) is 9.97 Å². The summed E-state index contributed by atoms with van der Waals surface area (Å²) in [5.41, 5.74) is 4.79. The molecule has 0 atom stereocenters. The third-order valence-corrected chi connectivity index (χ3v) is 5.21. The molecule has 25 heavy (non-hydrogen) atoms. The van der Waals surface area contributed by atoms with Crippen LogP contribution in [0.3, 0.4) is 0 Å². The Bertz CT molecular complexity index is 837. The average Bonchev–Trinajstić information content (AvgIpc) is 3.15. The predicted octanol–water partition coefficient (Wildman–Crippen LogP) is 4.90. The van der Waals surface area contributed by atoms with Crippen LogP contribution in [-0.4, -0.2) is 15.9 Å². The minimum atomic E-state index is 0.604. The molecule has 0 radical (unpaired) electrons. The Hall–Kier alpha value is -2.17. The number of benzene rings is 2. The zero-order valence-corrected chi connectivity index (χ0v) is 14.8. The average molecular weight is 348 g/mol. The van der Waals surface area contributed by atoms with Crippen LogP contribution in [0, 0.1) is 0 Å². The predicted molar refractivity (Wildman–Crippen MR) is 101 cm³/mol. The van der Waals surface area contributed by atoms with Gasteiger partial charge in [0.25, 0.3) is 0 Å². The monoisotopic (exact) mass is 348 g/mol. The Morgan fingerprint density at radius 3 is 2.44 bits per heavy atom. The van der Waals surface area contributed by atoms with Crippen LogP contribution in [0.15, 0.2) is 65.7 Å². The van der Waals surface area contributed by atoms with E-state index in [0.717, 1.165) is 29.3 Å². The summed E-state index contributed by atoms with van der Waals surface area (Å²) in [6, 6.07) is 20.5. The molecule has 0 spiro atoms. The second-order valence-electron chi connectivity index (χ2n) is 6.09. The number of nitrogens with zero attached hydrogens (tertiary/aromatic N) is 2. The van der Waals surface area contributed by atoms with Crippen molar-refractivity contribution in [3.05, 3.63) is 77.5 Å². The maximum absolute atomic E-state index is 5.83. The van der Waals surface area contributed by atoms with Crippen LogP contribution in [-0.2, 0) is 24.2 Å². The van der Waals surface area contributed by atoms with Gasteiger partial charge in [-0.05, 0) is 24.8 Å². The van der Waals surface area contributed by atoms with Crippen molar-refractivity contribution in [2.45, 2.75) is 30.9 Å². The molecule has 0 saturated carbocycles. The zero-order valence-electron chi connectivity index (χ0n) is 14.0. The van der Waals surface area contributed by atoms with E-state index in [-0.39, 0.29) is 0 Å². The van der Waals surface area contributed by atoms with E-state index >= 15 is 0 Å². The van der Waals surface area contributed by atoms with Gasteiger partial charge >= 0.3 is 0 Å². The fourth-order valence-electron chi connectivity index (χ4n) is 3.06. The van der Waals surface area contributed by atoms with Crippen LogP contribution in [0.5, 0.6) is 0 Å². The third kappa shape index (κ3) is 3.91. The second kappa shape index (κ2) is 7.81. The highest BCUT2D eigenvalue weighted by Crippen LogP contribution is 2.31. The molecule has 2 aromatic carbocycles. The third-order valence-electron chi connectivity index (χ3n) is 4.32. The molecule has 0 aliphatic heterocycles. The standard InChI is InChI=1S/C21H20N2OS/c1-3-8-16(9-4-1)14-24-15-25-21-18-12-7-13-19(18)22-20(23-21)17-10-5-2-6-11-17/h1-6,8-11H,7,12-15H2. The van der Waals surface area contributed by atoms with E-state index in [4.69, 9.17) is 14.7 Å². The molecule has 3 aromatic rings. The van der Waals surface area contributed by atoms with E-state index in [0.29, 0.717) is 12.5 Å². The molecule has 0 amide bonds. The summed E-state index contributed by atoms with van der Waals surface area (Å²) in [5, 5.41) is 1.08. The maximum Gasteiger partial charge on any atom is 0.160 e. The molecule has 0 bridgehead atoms. The first-order chi connectivity index (χ1) is 12.4. The van der Waals surface area contributed by atoms with Gasteiger partial charge in [-0.25, -0.2) is 9.97 Å². The molecule has 0 unspecified atom stereocenters. The molecular weight excluding hydrogens is 328 g/mol. The van der Waals surface area contributed by atoms with E-state index in [1.54, 1.807) is 11.8 Å². The summed E-state index contributed by atoms with van der Waals surface area (Å²) >= 11 is 1.68. The van der Waals surface area contributed by atoms with Crippen molar-refractivity contribution in [2.24, 2.45) is 0 Å². The number of hydrogen-bond donors (Lipinski definition) is 0. The molecule has 0 saturated heterocycles. The minimum Gasteiger partial charge on any atom is -0.366 e. The molecule has 0 N–H and O–H groups in total. The fraction of sp³-hybridized carbons (Fsp3) is 0.238. The van der Waals surface area contributed by atoms with Gasteiger partial charge in [-0.15, -0.1) is 0 Å². The summed E-state index contributed by atoms with van der Waals surface area (Å²) in [5.74, 6) is 1.43. The van der Waals surface area contributed by atoms with E-state index in [9.17, 15) is 0 Å². The van der Waals surface area contributed by atoms with Gasteiger partial charge in [0.05, 0.1) is 12.5 Å². The topological polar surface area (TPSA) is 35.0 Å². The summed E-state index contributed by atoms with van der Waals surface area (Å²) in [7, 11) is 0. The van der Waals surface area contributed by atoms with Gasteiger partial charge in [-0.3, -0.25) is 0 Å². The van der Waals surface area contributed by atoms with Crippen LogP contribution in [0.25, 0.3) is 11.4 Å². The highest BCUT2D eigenvalue weighted by Gasteiger charge is 2.20. The number of aromatic nitrogens is 2. The van der Waals surface area contributed by atoms with Crippen LogP contribution in [0.1, 0.15) is 23.2 Å². The normalized spacial score (nSPS) is 13.0. The molecular formula is C21H20N2OS. The zero-order chi connectivity index (χ0) is 16.9. The molecule has 1 aliphatic rings. The van der Waals surface area contributed by atoms with Crippen LogP contribution in [0.4, 0.5) is 0 Å². The molecule has 126 valence electrons. The smallest absolute Gasteiger partial charge is 0.160 e. The fourth-order valence-corrected chi connectivity index (χ4v) is 3.89. The Labute approximate surface area is 152 Å². The van der Waals surface area contributed by atoms with Crippen molar-refractivity contribution in [1.29, 1.82) is 0 Å². The molecule has 1 aromatic heterocycles. The van der Waals surface area contributed by atoms with Gasteiger partial charge in [-0.2, -0.15) is 0 Å². The minimum absolute atomic E-state index is 0.604. The number of fused-ring (bicyclic) bond motifs is 1.